The average Bonchev–Trinajstić information content (AvgIpc) is 3.12. The highest BCUT2D eigenvalue weighted by Crippen LogP contribution is 2.25. The van der Waals surface area contributed by atoms with Gasteiger partial charge in [0, 0.05) is 31.8 Å². The van der Waals surface area contributed by atoms with E-state index >= 15 is 0 Å². The van der Waals surface area contributed by atoms with Gasteiger partial charge in [0.1, 0.15) is 0 Å². The molecule has 1 atom stereocenters. The van der Waals surface area contributed by atoms with Crippen molar-refractivity contribution < 1.29 is 14.4 Å². The first-order valence-corrected chi connectivity index (χ1v) is 8.66. The van der Waals surface area contributed by atoms with E-state index in [-0.39, 0.29) is 12.6 Å². The Labute approximate surface area is 142 Å². The minimum Gasteiger partial charge on any atom is -0.396 e. The molecule has 0 spiro atoms. The summed E-state index contributed by atoms with van der Waals surface area (Å²) in [7, 11) is 0. The summed E-state index contributed by atoms with van der Waals surface area (Å²) in [6.45, 7) is 2.27. The van der Waals surface area contributed by atoms with E-state index in [1.54, 1.807) is 0 Å². The van der Waals surface area contributed by atoms with Gasteiger partial charge in [-0.05, 0) is 31.2 Å². The van der Waals surface area contributed by atoms with Crippen molar-refractivity contribution in [2.24, 2.45) is 0 Å². The largest absolute Gasteiger partial charge is 0.396 e. The van der Waals surface area contributed by atoms with Crippen LogP contribution in [0.25, 0.3) is 0 Å². The molecule has 2 aromatic rings. The summed E-state index contributed by atoms with van der Waals surface area (Å²) in [4.78, 5) is 4.53. The van der Waals surface area contributed by atoms with Crippen LogP contribution in [0.3, 0.4) is 0 Å². The predicted octanol–water partition coefficient (Wildman–Crippen LogP) is 2.57. The molecular formula is C18H25N3O3. The van der Waals surface area contributed by atoms with Crippen molar-refractivity contribution in [1.82, 2.24) is 15.5 Å². The van der Waals surface area contributed by atoms with Crippen LogP contribution < -0.4 is 5.32 Å². The molecule has 2 heterocycles. The molecule has 1 aliphatic heterocycles. The molecule has 1 saturated heterocycles. The molecule has 1 unspecified atom stereocenters. The first kappa shape index (κ1) is 17.1. The molecule has 1 aliphatic rings. The zero-order valence-electron chi connectivity index (χ0n) is 13.9. The number of aliphatic hydroxyl groups is 1. The summed E-state index contributed by atoms with van der Waals surface area (Å²) in [6, 6.07) is 10.4. The first-order valence-electron chi connectivity index (χ1n) is 8.66. The summed E-state index contributed by atoms with van der Waals surface area (Å²) in [5.74, 6) is 1.72. The summed E-state index contributed by atoms with van der Waals surface area (Å²) in [5.41, 5.74) is 1.21. The standard InChI is InChI=1S/C18H25N3O3/c22-10-4-7-16(14-5-2-1-3-6-14)19-13-17-20-18(24-21-17)15-8-11-23-12-9-15/h1-3,5-6,15-16,19,22H,4,7-13H2. The second-order valence-electron chi connectivity index (χ2n) is 6.15. The van der Waals surface area contributed by atoms with Crippen LogP contribution >= 0.6 is 0 Å². The van der Waals surface area contributed by atoms with Crippen LogP contribution in [-0.4, -0.2) is 35.1 Å². The summed E-state index contributed by atoms with van der Waals surface area (Å²) >= 11 is 0. The Morgan fingerprint density at radius 2 is 2.00 bits per heavy atom. The van der Waals surface area contributed by atoms with Crippen molar-refractivity contribution in [3.63, 3.8) is 0 Å². The average molecular weight is 331 g/mol. The Morgan fingerprint density at radius 3 is 2.75 bits per heavy atom. The molecule has 6 nitrogen and oxygen atoms in total. The van der Waals surface area contributed by atoms with Gasteiger partial charge in [-0.15, -0.1) is 0 Å². The van der Waals surface area contributed by atoms with E-state index in [1.165, 1.54) is 5.56 Å². The van der Waals surface area contributed by atoms with Gasteiger partial charge in [0.05, 0.1) is 6.54 Å². The normalized spacial score (nSPS) is 17.0. The van der Waals surface area contributed by atoms with Crippen LogP contribution in [0.5, 0.6) is 0 Å². The third-order valence-corrected chi connectivity index (χ3v) is 4.41. The zero-order chi connectivity index (χ0) is 16.6. The fourth-order valence-electron chi connectivity index (χ4n) is 3.03. The maximum atomic E-state index is 9.12. The van der Waals surface area contributed by atoms with Crippen LogP contribution in [0.1, 0.15) is 54.9 Å². The van der Waals surface area contributed by atoms with Crippen molar-refractivity contribution >= 4 is 0 Å². The molecule has 3 rings (SSSR count). The number of ether oxygens (including phenoxy) is 1. The topological polar surface area (TPSA) is 80.4 Å². The molecule has 24 heavy (non-hydrogen) atoms. The van der Waals surface area contributed by atoms with Gasteiger partial charge in [-0.1, -0.05) is 35.5 Å². The van der Waals surface area contributed by atoms with Crippen LogP contribution in [0.2, 0.25) is 0 Å². The monoisotopic (exact) mass is 331 g/mol. The number of hydrogen-bond acceptors (Lipinski definition) is 6. The molecule has 0 aliphatic carbocycles. The molecule has 2 N–H and O–H groups in total. The Morgan fingerprint density at radius 1 is 1.21 bits per heavy atom. The molecule has 0 saturated carbocycles. The van der Waals surface area contributed by atoms with Gasteiger partial charge in [0.25, 0.3) is 0 Å². The molecule has 0 radical (unpaired) electrons. The lowest BCUT2D eigenvalue weighted by Crippen LogP contribution is -2.22. The van der Waals surface area contributed by atoms with Crippen molar-refractivity contribution in [2.75, 3.05) is 19.8 Å². The van der Waals surface area contributed by atoms with Gasteiger partial charge in [-0.2, -0.15) is 4.98 Å². The quantitative estimate of drug-likeness (QED) is 0.774. The van der Waals surface area contributed by atoms with E-state index in [1.807, 2.05) is 18.2 Å². The SMILES string of the molecule is OCCCC(NCc1noc(C2CCOCC2)n1)c1ccccc1. The van der Waals surface area contributed by atoms with Gasteiger partial charge < -0.3 is 19.7 Å². The highest BCUT2D eigenvalue weighted by atomic mass is 16.5. The van der Waals surface area contributed by atoms with Crippen LogP contribution in [0.4, 0.5) is 0 Å². The Kier molecular flexibility index (Phi) is 6.34. The minimum absolute atomic E-state index is 0.170. The maximum Gasteiger partial charge on any atom is 0.229 e. The highest BCUT2D eigenvalue weighted by Gasteiger charge is 2.22. The summed E-state index contributed by atoms with van der Waals surface area (Å²) in [5, 5.41) is 16.7. The fourth-order valence-corrected chi connectivity index (χ4v) is 3.03. The van der Waals surface area contributed by atoms with Crippen molar-refractivity contribution in [3.8, 4) is 0 Å². The van der Waals surface area contributed by atoms with Crippen molar-refractivity contribution in [3.05, 3.63) is 47.6 Å². The number of hydrogen-bond donors (Lipinski definition) is 2. The van der Waals surface area contributed by atoms with Crippen molar-refractivity contribution in [1.29, 1.82) is 0 Å². The molecule has 6 heteroatoms. The molecule has 0 bridgehead atoms. The smallest absolute Gasteiger partial charge is 0.229 e. The molecular weight excluding hydrogens is 306 g/mol. The number of nitrogens with one attached hydrogen (secondary N) is 1. The third kappa shape index (κ3) is 4.63. The van der Waals surface area contributed by atoms with E-state index in [4.69, 9.17) is 14.4 Å². The lowest BCUT2D eigenvalue weighted by Gasteiger charge is -2.18. The zero-order valence-corrected chi connectivity index (χ0v) is 13.9. The highest BCUT2D eigenvalue weighted by molar-refractivity contribution is 5.18. The lowest BCUT2D eigenvalue weighted by molar-refractivity contribution is 0.0778. The molecule has 1 fully saturated rings. The Balaban J connectivity index is 1.59. The van der Waals surface area contributed by atoms with Crippen molar-refractivity contribution in [2.45, 2.75) is 44.2 Å². The van der Waals surface area contributed by atoms with Crippen LogP contribution in [0.15, 0.2) is 34.9 Å². The molecule has 0 amide bonds. The number of nitrogens with zero attached hydrogens (tertiary/aromatic N) is 2. The molecule has 1 aromatic carbocycles. The van der Waals surface area contributed by atoms with E-state index in [0.717, 1.165) is 44.8 Å². The number of rotatable bonds is 8. The first-order chi connectivity index (χ1) is 11.9. The second-order valence-corrected chi connectivity index (χ2v) is 6.15. The van der Waals surface area contributed by atoms with E-state index in [2.05, 4.69) is 27.6 Å². The van der Waals surface area contributed by atoms with Gasteiger partial charge in [-0.25, -0.2) is 0 Å². The van der Waals surface area contributed by atoms with E-state index in [0.29, 0.717) is 18.3 Å². The van der Waals surface area contributed by atoms with E-state index < -0.39 is 0 Å². The van der Waals surface area contributed by atoms with Gasteiger partial charge in [-0.3, -0.25) is 0 Å². The third-order valence-electron chi connectivity index (χ3n) is 4.41. The summed E-state index contributed by atoms with van der Waals surface area (Å²) < 4.78 is 10.8. The van der Waals surface area contributed by atoms with Gasteiger partial charge in [0.2, 0.25) is 5.89 Å². The Hall–Kier alpha value is -1.76. The minimum atomic E-state index is 0.170. The van der Waals surface area contributed by atoms with E-state index in [9.17, 15) is 0 Å². The van der Waals surface area contributed by atoms with Crippen LogP contribution in [-0.2, 0) is 11.3 Å². The summed E-state index contributed by atoms with van der Waals surface area (Å²) in [6.07, 6.45) is 3.51. The van der Waals surface area contributed by atoms with Crippen LogP contribution in [0, 0.1) is 0 Å². The second kappa shape index (κ2) is 8.92. The number of aliphatic hydroxyl groups excluding tert-OH is 1. The maximum absolute atomic E-state index is 9.12. The molecule has 130 valence electrons. The lowest BCUT2D eigenvalue weighted by atomic mass is 10.0. The number of benzene rings is 1. The van der Waals surface area contributed by atoms with Gasteiger partial charge in [0.15, 0.2) is 5.82 Å². The van der Waals surface area contributed by atoms with Gasteiger partial charge >= 0.3 is 0 Å². The molecule has 1 aromatic heterocycles. The fraction of sp³-hybridized carbons (Fsp3) is 0.556. The Bertz CT molecular complexity index is 597. The number of aromatic nitrogens is 2. The predicted molar refractivity (Wildman–Crippen MR) is 89.4 cm³/mol.